The van der Waals surface area contributed by atoms with E-state index in [1.807, 2.05) is 24.3 Å². The third-order valence-electron chi connectivity index (χ3n) is 3.60. The molecule has 26 heavy (non-hydrogen) atoms. The first-order chi connectivity index (χ1) is 12.6. The van der Waals surface area contributed by atoms with Gasteiger partial charge in [-0.15, -0.1) is 11.3 Å². The second kappa shape index (κ2) is 7.88. The van der Waals surface area contributed by atoms with Crippen molar-refractivity contribution in [1.82, 2.24) is 0 Å². The number of carbonyl (C=O) groups is 2. The number of rotatable bonds is 6. The van der Waals surface area contributed by atoms with E-state index >= 15 is 0 Å². The lowest BCUT2D eigenvalue weighted by molar-refractivity contribution is -0.119. The highest BCUT2D eigenvalue weighted by molar-refractivity contribution is 7.20. The van der Waals surface area contributed by atoms with Crippen LogP contribution in [0, 0.1) is 0 Å². The molecule has 0 aliphatic heterocycles. The van der Waals surface area contributed by atoms with Gasteiger partial charge in [-0.05, 0) is 17.5 Å². The van der Waals surface area contributed by atoms with E-state index in [4.69, 9.17) is 14.2 Å². The Balaban J connectivity index is 1.61. The van der Waals surface area contributed by atoms with Crippen molar-refractivity contribution >= 4 is 39.0 Å². The molecule has 6 nitrogen and oxygen atoms in total. The quantitative estimate of drug-likeness (QED) is 0.669. The van der Waals surface area contributed by atoms with E-state index < -0.39 is 11.9 Å². The molecular weight excluding hydrogens is 354 g/mol. The van der Waals surface area contributed by atoms with Crippen molar-refractivity contribution in [3.63, 3.8) is 0 Å². The Morgan fingerprint density at radius 1 is 1.00 bits per heavy atom. The minimum Gasteiger partial charge on any atom is -0.497 e. The van der Waals surface area contributed by atoms with Gasteiger partial charge in [0.05, 0.1) is 14.2 Å². The smallest absolute Gasteiger partial charge is 0.348 e. The number of anilines is 1. The maximum absolute atomic E-state index is 12.1. The summed E-state index contributed by atoms with van der Waals surface area (Å²) >= 11 is 1.33. The Morgan fingerprint density at radius 3 is 2.35 bits per heavy atom. The highest BCUT2D eigenvalue weighted by atomic mass is 32.1. The molecule has 134 valence electrons. The molecule has 3 aromatic rings. The molecule has 0 aliphatic rings. The van der Waals surface area contributed by atoms with Crippen LogP contribution in [0.15, 0.2) is 48.5 Å². The zero-order valence-corrected chi connectivity index (χ0v) is 15.1. The highest BCUT2D eigenvalue weighted by Gasteiger charge is 2.14. The fourth-order valence-corrected chi connectivity index (χ4v) is 3.32. The van der Waals surface area contributed by atoms with E-state index in [2.05, 4.69) is 5.32 Å². The van der Waals surface area contributed by atoms with E-state index in [1.54, 1.807) is 24.3 Å². The summed E-state index contributed by atoms with van der Waals surface area (Å²) in [6.45, 7) is -0.382. The number of hydrogen-bond acceptors (Lipinski definition) is 6. The molecule has 3 rings (SSSR count). The molecule has 0 saturated carbocycles. The van der Waals surface area contributed by atoms with Gasteiger partial charge in [0.25, 0.3) is 5.91 Å². The summed E-state index contributed by atoms with van der Waals surface area (Å²) in [7, 11) is 3.04. The van der Waals surface area contributed by atoms with E-state index in [1.165, 1.54) is 25.6 Å². The fraction of sp³-hybridized carbons (Fsp3) is 0.158. The summed E-state index contributed by atoms with van der Waals surface area (Å²) < 4.78 is 16.4. The number of hydrogen-bond donors (Lipinski definition) is 1. The number of esters is 1. The maximum atomic E-state index is 12.1. The zero-order chi connectivity index (χ0) is 18.5. The van der Waals surface area contributed by atoms with Crippen molar-refractivity contribution in [3.05, 3.63) is 53.4 Å². The molecule has 2 aromatic carbocycles. The van der Waals surface area contributed by atoms with Crippen LogP contribution in [0.25, 0.3) is 10.1 Å². The van der Waals surface area contributed by atoms with E-state index in [0.29, 0.717) is 22.1 Å². The van der Waals surface area contributed by atoms with Gasteiger partial charge in [0.2, 0.25) is 0 Å². The number of fused-ring (bicyclic) bond motifs is 1. The number of amides is 1. The van der Waals surface area contributed by atoms with Crippen LogP contribution in [0.5, 0.6) is 11.5 Å². The molecule has 1 N–H and O–H groups in total. The van der Waals surface area contributed by atoms with Gasteiger partial charge in [0.1, 0.15) is 16.4 Å². The first-order valence-corrected chi connectivity index (χ1v) is 8.59. The number of thiophene rings is 1. The summed E-state index contributed by atoms with van der Waals surface area (Å²) in [6, 6.07) is 14.4. The van der Waals surface area contributed by atoms with Crippen LogP contribution >= 0.6 is 11.3 Å². The standard InChI is InChI=1S/C19H17NO5S/c1-23-14-8-13(9-15(10-14)24-2)20-18(21)11-25-19(22)17-7-12-5-3-4-6-16(12)26-17/h3-10H,11H2,1-2H3,(H,20,21). The lowest BCUT2D eigenvalue weighted by Gasteiger charge is -2.10. The van der Waals surface area contributed by atoms with E-state index in [-0.39, 0.29) is 6.61 Å². The van der Waals surface area contributed by atoms with Gasteiger partial charge in [-0.1, -0.05) is 18.2 Å². The van der Waals surface area contributed by atoms with Crippen molar-refractivity contribution in [1.29, 1.82) is 0 Å². The minimum absolute atomic E-state index is 0.382. The Labute approximate surface area is 154 Å². The largest absolute Gasteiger partial charge is 0.497 e. The average molecular weight is 371 g/mol. The maximum Gasteiger partial charge on any atom is 0.348 e. The second-order valence-corrected chi connectivity index (χ2v) is 6.46. The topological polar surface area (TPSA) is 73.9 Å². The molecule has 7 heteroatoms. The first-order valence-electron chi connectivity index (χ1n) is 7.77. The summed E-state index contributed by atoms with van der Waals surface area (Å²) in [5.74, 6) is 0.114. The minimum atomic E-state index is -0.524. The van der Waals surface area contributed by atoms with Crippen LogP contribution in [0.2, 0.25) is 0 Å². The molecule has 0 unspecified atom stereocenters. The van der Waals surface area contributed by atoms with Crippen molar-refractivity contribution in [2.75, 3.05) is 26.1 Å². The van der Waals surface area contributed by atoms with Crippen LogP contribution < -0.4 is 14.8 Å². The predicted octanol–water partition coefficient (Wildman–Crippen LogP) is 3.71. The Morgan fingerprint density at radius 2 is 1.69 bits per heavy atom. The number of nitrogens with one attached hydrogen (secondary N) is 1. The third kappa shape index (κ3) is 4.12. The van der Waals surface area contributed by atoms with Gasteiger partial charge in [-0.25, -0.2) is 4.79 Å². The Kier molecular flexibility index (Phi) is 5.38. The van der Waals surface area contributed by atoms with Crippen LogP contribution in [-0.4, -0.2) is 32.7 Å². The third-order valence-corrected chi connectivity index (χ3v) is 4.69. The summed E-state index contributed by atoms with van der Waals surface area (Å²) in [5, 5.41) is 3.62. The monoisotopic (exact) mass is 371 g/mol. The molecular formula is C19H17NO5S. The van der Waals surface area contributed by atoms with Crippen LogP contribution in [0.1, 0.15) is 9.67 Å². The molecule has 0 saturated heterocycles. The zero-order valence-electron chi connectivity index (χ0n) is 14.3. The molecule has 0 radical (unpaired) electrons. The lowest BCUT2D eigenvalue weighted by Crippen LogP contribution is -2.20. The van der Waals surface area contributed by atoms with Crippen molar-refractivity contribution < 1.29 is 23.8 Å². The lowest BCUT2D eigenvalue weighted by atomic mass is 10.2. The molecule has 1 amide bonds. The summed E-state index contributed by atoms with van der Waals surface area (Å²) in [4.78, 5) is 24.7. The van der Waals surface area contributed by atoms with Gasteiger partial charge in [-0.2, -0.15) is 0 Å². The van der Waals surface area contributed by atoms with Gasteiger partial charge in [0.15, 0.2) is 6.61 Å². The molecule has 0 fully saturated rings. The van der Waals surface area contributed by atoms with Crippen LogP contribution in [0.4, 0.5) is 5.69 Å². The number of carbonyl (C=O) groups excluding carboxylic acids is 2. The van der Waals surface area contributed by atoms with Gasteiger partial charge in [-0.3, -0.25) is 4.79 Å². The Bertz CT molecular complexity index is 895. The van der Waals surface area contributed by atoms with Gasteiger partial charge in [0, 0.05) is 28.6 Å². The number of benzene rings is 2. The van der Waals surface area contributed by atoms with Crippen molar-refractivity contribution in [3.8, 4) is 11.5 Å². The van der Waals surface area contributed by atoms with Crippen molar-refractivity contribution in [2.45, 2.75) is 0 Å². The normalized spacial score (nSPS) is 10.4. The summed E-state index contributed by atoms with van der Waals surface area (Å²) in [5.41, 5.74) is 0.490. The molecule has 0 aliphatic carbocycles. The molecule has 0 spiro atoms. The molecule has 1 heterocycles. The number of methoxy groups -OCH3 is 2. The van der Waals surface area contributed by atoms with Gasteiger partial charge >= 0.3 is 5.97 Å². The van der Waals surface area contributed by atoms with Gasteiger partial charge < -0.3 is 19.5 Å². The average Bonchev–Trinajstić information content (AvgIpc) is 3.10. The predicted molar refractivity (Wildman–Crippen MR) is 100 cm³/mol. The first kappa shape index (κ1) is 17.8. The highest BCUT2D eigenvalue weighted by Crippen LogP contribution is 2.27. The van der Waals surface area contributed by atoms with Crippen LogP contribution in [0.3, 0.4) is 0 Å². The second-order valence-electron chi connectivity index (χ2n) is 5.37. The molecule has 0 atom stereocenters. The number of ether oxygens (including phenoxy) is 3. The van der Waals surface area contributed by atoms with E-state index in [0.717, 1.165) is 10.1 Å². The Hall–Kier alpha value is -3.06. The van der Waals surface area contributed by atoms with E-state index in [9.17, 15) is 9.59 Å². The molecule has 1 aromatic heterocycles. The molecule has 0 bridgehead atoms. The summed E-state index contributed by atoms with van der Waals surface area (Å²) in [6.07, 6.45) is 0. The SMILES string of the molecule is COc1cc(NC(=O)COC(=O)c2cc3ccccc3s2)cc(OC)c1. The van der Waals surface area contributed by atoms with Crippen LogP contribution in [-0.2, 0) is 9.53 Å². The fourth-order valence-electron chi connectivity index (χ4n) is 2.36. The van der Waals surface area contributed by atoms with Crippen molar-refractivity contribution in [2.24, 2.45) is 0 Å².